The van der Waals surface area contributed by atoms with E-state index in [1.54, 1.807) is 6.20 Å². The topological polar surface area (TPSA) is 42.0 Å². The fraction of sp³-hybridized carbons (Fsp3) is 0.143. The van der Waals surface area contributed by atoms with Gasteiger partial charge < -0.3 is 5.32 Å². The number of aromatic nitrogens is 1. The van der Waals surface area contributed by atoms with Crippen molar-refractivity contribution in [2.24, 2.45) is 0 Å². The molecule has 2 rings (SSSR count). The van der Waals surface area contributed by atoms with E-state index in [-0.39, 0.29) is 5.91 Å². The van der Waals surface area contributed by atoms with Crippen LogP contribution in [0.3, 0.4) is 0 Å². The zero-order valence-electron chi connectivity index (χ0n) is 9.68. The molecule has 3 heteroatoms. The lowest BCUT2D eigenvalue weighted by molar-refractivity contribution is -0.115. The Balaban J connectivity index is 2.16. The maximum Gasteiger partial charge on any atom is 0.224 e. The van der Waals surface area contributed by atoms with E-state index in [4.69, 9.17) is 0 Å². The number of nitrogens with zero attached hydrogens (tertiary/aromatic N) is 1. The molecule has 1 N–H and O–H groups in total. The number of benzene rings is 1. The van der Waals surface area contributed by atoms with Crippen LogP contribution in [0.15, 0.2) is 48.7 Å². The Hall–Kier alpha value is -2.16. The van der Waals surface area contributed by atoms with Crippen molar-refractivity contribution in [2.45, 2.75) is 13.3 Å². The number of carbonyl (C=O) groups is 1. The molecule has 3 nitrogen and oxygen atoms in total. The van der Waals surface area contributed by atoms with Crippen molar-refractivity contribution in [3.05, 3.63) is 48.7 Å². The van der Waals surface area contributed by atoms with Crippen LogP contribution in [0, 0.1) is 0 Å². The van der Waals surface area contributed by atoms with Gasteiger partial charge in [0.05, 0.1) is 5.69 Å². The second-order valence-electron chi connectivity index (χ2n) is 3.69. The van der Waals surface area contributed by atoms with Gasteiger partial charge in [-0.1, -0.05) is 25.1 Å². The zero-order valence-corrected chi connectivity index (χ0v) is 9.68. The first-order chi connectivity index (χ1) is 8.29. The van der Waals surface area contributed by atoms with Crippen LogP contribution >= 0.6 is 0 Å². The van der Waals surface area contributed by atoms with Gasteiger partial charge in [-0.2, -0.15) is 0 Å². The molecule has 0 saturated heterocycles. The predicted octanol–water partition coefficient (Wildman–Crippen LogP) is 3.10. The first-order valence-electron chi connectivity index (χ1n) is 5.61. The van der Waals surface area contributed by atoms with Crippen molar-refractivity contribution in [3.63, 3.8) is 0 Å². The summed E-state index contributed by atoms with van der Waals surface area (Å²) < 4.78 is 0. The Morgan fingerprint density at radius 2 is 1.94 bits per heavy atom. The predicted molar refractivity (Wildman–Crippen MR) is 68.6 cm³/mol. The molecule has 17 heavy (non-hydrogen) atoms. The minimum absolute atomic E-state index is 0.0237. The third-order valence-corrected chi connectivity index (χ3v) is 2.45. The third-order valence-electron chi connectivity index (χ3n) is 2.45. The fourth-order valence-corrected chi connectivity index (χ4v) is 1.51. The summed E-state index contributed by atoms with van der Waals surface area (Å²) in [6.45, 7) is 1.83. The molecular formula is C14H14N2O. The average molecular weight is 226 g/mol. The lowest BCUT2D eigenvalue weighted by Crippen LogP contribution is -2.08. The molecule has 0 saturated carbocycles. The van der Waals surface area contributed by atoms with E-state index in [1.807, 2.05) is 49.4 Å². The van der Waals surface area contributed by atoms with Gasteiger partial charge >= 0.3 is 0 Å². The number of pyridine rings is 1. The number of hydrogen-bond donors (Lipinski definition) is 1. The molecule has 86 valence electrons. The van der Waals surface area contributed by atoms with E-state index in [1.165, 1.54) is 0 Å². The second kappa shape index (κ2) is 5.25. The largest absolute Gasteiger partial charge is 0.326 e. The quantitative estimate of drug-likeness (QED) is 0.873. The molecule has 1 aromatic carbocycles. The number of nitrogens with one attached hydrogen (secondary N) is 1. The third kappa shape index (κ3) is 2.91. The molecule has 1 heterocycles. The summed E-state index contributed by atoms with van der Waals surface area (Å²) in [5.74, 6) is 0.0237. The van der Waals surface area contributed by atoms with Crippen molar-refractivity contribution in [2.75, 3.05) is 5.32 Å². The van der Waals surface area contributed by atoms with E-state index < -0.39 is 0 Å². The Labute approximate surface area is 101 Å². The van der Waals surface area contributed by atoms with Gasteiger partial charge in [0.2, 0.25) is 5.91 Å². The molecular weight excluding hydrogens is 212 g/mol. The van der Waals surface area contributed by atoms with Gasteiger partial charge in [0.1, 0.15) is 0 Å². The molecule has 0 spiro atoms. The minimum atomic E-state index is 0.0237. The first kappa shape index (κ1) is 11.3. The minimum Gasteiger partial charge on any atom is -0.326 e. The van der Waals surface area contributed by atoms with Gasteiger partial charge in [0.15, 0.2) is 0 Å². The van der Waals surface area contributed by atoms with E-state index in [9.17, 15) is 4.79 Å². The van der Waals surface area contributed by atoms with Crippen molar-refractivity contribution < 1.29 is 4.79 Å². The summed E-state index contributed by atoms with van der Waals surface area (Å²) in [5.41, 5.74) is 2.79. The van der Waals surface area contributed by atoms with Crippen LogP contribution in [-0.2, 0) is 4.79 Å². The van der Waals surface area contributed by atoms with Crippen molar-refractivity contribution in [1.29, 1.82) is 0 Å². The van der Waals surface area contributed by atoms with Gasteiger partial charge in [-0.25, -0.2) is 0 Å². The monoisotopic (exact) mass is 226 g/mol. The van der Waals surface area contributed by atoms with Gasteiger partial charge in [0, 0.05) is 23.9 Å². The lowest BCUT2D eigenvalue weighted by Gasteiger charge is -2.05. The zero-order chi connectivity index (χ0) is 12.1. The van der Waals surface area contributed by atoms with Crippen molar-refractivity contribution in [3.8, 4) is 11.3 Å². The van der Waals surface area contributed by atoms with Crippen LogP contribution in [0.4, 0.5) is 5.69 Å². The van der Waals surface area contributed by atoms with Gasteiger partial charge in [-0.15, -0.1) is 0 Å². The molecule has 0 aliphatic carbocycles. The maximum atomic E-state index is 11.2. The first-order valence-corrected chi connectivity index (χ1v) is 5.61. The second-order valence-corrected chi connectivity index (χ2v) is 3.69. The average Bonchev–Trinajstić information content (AvgIpc) is 2.40. The Morgan fingerprint density at radius 3 is 2.53 bits per heavy atom. The van der Waals surface area contributed by atoms with Gasteiger partial charge in [0.25, 0.3) is 0 Å². The van der Waals surface area contributed by atoms with Crippen molar-refractivity contribution in [1.82, 2.24) is 4.98 Å². The summed E-state index contributed by atoms with van der Waals surface area (Å²) in [5, 5.41) is 2.81. The Kier molecular flexibility index (Phi) is 3.50. The summed E-state index contributed by atoms with van der Waals surface area (Å²) in [4.78, 5) is 15.5. The van der Waals surface area contributed by atoms with Crippen LogP contribution < -0.4 is 5.32 Å². The van der Waals surface area contributed by atoms with E-state index >= 15 is 0 Å². The van der Waals surface area contributed by atoms with Crippen LogP contribution in [0.5, 0.6) is 0 Å². The Morgan fingerprint density at radius 1 is 1.18 bits per heavy atom. The SMILES string of the molecule is CCC(=O)Nc1ccc(-c2ccccn2)cc1. The summed E-state index contributed by atoms with van der Waals surface area (Å²) in [7, 11) is 0. The molecule has 2 aromatic rings. The van der Waals surface area contributed by atoms with Crippen molar-refractivity contribution >= 4 is 11.6 Å². The Bertz CT molecular complexity index is 491. The normalized spacial score (nSPS) is 9.94. The van der Waals surface area contributed by atoms with E-state index in [0.717, 1.165) is 16.9 Å². The molecule has 0 aliphatic heterocycles. The molecule has 1 amide bonds. The summed E-state index contributed by atoms with van der Waals surface area (Å²) in [6, 6.07) is 13.5. The highest BCUT2D eigenvalue weighted by molar-refractivity contribution is 5.90. The summed E-state index contributed by atoms with van der Waals surface area (Å²) >= 11 is 0. The molecule has 0 aliphatic rings. The smallest absolute Gasteiger partial charge is 0.224 e. The molecule has 0 unspecified atom stereocenters. The molecule has 0 fully saturated rings. The fourth-order valence-electron chi connectivity index (χ4n) is 1.51. The summed E-state index contributed by atoms with van der Waals surface area (Å²) in [6.07, 6.45) is 2.25. The molecule has 0 bridgehead atoms. The number of carbonyl (C=O) groups excluding carboxylic acids is 1. The molecule has 0 radical (unpaired) electrons. The molecule has 1 aromatic heterocycles. The maximum absolute atomic E-state index is 11.2. The standard InChI is InChI=1S/C14H14N2O/c1-2-14(17)16-12-8-6-11(7-9-12)13-5-3-4-10-15-13/h3-10H,2H2,1H3,(H,16,17). The van der Waals surface area contributed by atoms with Crippen LogP contribution in [0.2, 0.25) is 0 Å². The van der Waals surface area contributed by atoms with Crippen LogP contribution in [0.1, 0.15) is 13.3 Å². The highest BCUT2D eigenvalue weighted by Crippen LogP contribution is 2.18. The van der Waals surface area contributed by atoms with E-state index in [0.29, 0.717) is 6.42 Å². The van der Waals surface area contributed by atoms with Gasteiger partial charge in [-0.05, 0) is 24.3 Å². The van der Waals surface area contributed by atoms with Crippen LogP contribution in [-0.4, -0.2) is 10.9 Å². The van der Waals surface area contributed by atoms with Crippen LogP contribution in [0.25, 0.3) is 11.3 Å². The number of rotatable bonds is 3. The highest BCUT2D eigenvalue weighted by Gasteiger charge is 2.00. The van der Waals surface area contributed by atoms with E-state index in [2.05, 4.69) is 10.3 Å². The number of amides is 1. The lowest BCUT2D eigenvalue weighted by atomic mass is 10.1. The van der Waals surface area contributed by atoms with Gasteiger partial charge in [-0.3, -0.25) is 9.78 Å². The number of anilines is 1. The number of hydrogen-bond acceptors (Lipinski definition) is 2. The molecule has 0 atom stereocenters. The highest BCUT2D eigenvalue weighted by atomic mass is 16.1.